The van der Waals surface area contributed by atoms with Gasteiger partial charge in [-0.25, -0.2) is 4.68 Å². The molecule has 5 heteroatoms. The molecule has 1 fully saturated rings. The summed E-state index contributed by atoms with van der Waals surface area (Å²) in [6.45, 7) is 3.56. The fourth-order valence-electron chi connectivity index (χ4n) is 2.57. The number of carbonyl (C=O) groups excluding carboxylic acids is 1. The van der Waals surface area contributed by atoms with Gasteiger partial charge in [-0.15, -0.1) is 0 Å². The summed E-state index contributed by atoms with van der Waals surface area (Å²) < 4.78 is 1.81. The summed E-state index contributed by atoms with van der Waals surface area (Å²) in [6, 6.07) is 9.90. The van der Waals surface area contributed by atoms with Crippen molar-refractivity contribution in [2.75, 3.05) is 26.2 Å². The smallest absolute Gasteiger partial charge is 0.227 e. The van der Waals surface area contributed by atoms with Gasteiger partial charge in [0.15, 0.2) is 0 Å². The number of hydrogen-bond donors (Lipinski definition) is 1. The molecule has 0 aliphatic carbocycles. The Bertz CT molecular complexity index is 569. The van der Waals surface area contributed by atoms with Crippen molar-refractivity contribution in [2.24, 2.45) is 0 Å². The van der Waals surface area contributed by atoms with Crippen molar-refractivity contribution in [1.29, 1.82) is 0 Å². The molecule has 5 nitrogen and oxygen atoms in total. The second kappa shape index (κ2) is 6.54. The molecule has 1 amide bonds. The first-order chi connectivity index (χ1) is 10.3. The summed E-state index contributed by atoms with van der Waals surface area (Å²) >= 11 is 0. The Labute approximate surface area is 124 Å². The topological polar surface area (TPSA) is 50.2 Å². The molecule has 21 heavy (non-hydrogen) atoms. The quantitative estimate of drug-likeness (QED) is 0.922. The van der Waals surface area contributed by atoms with Crippen molar-refractivity contribution in [2.45, 2.75) is 12.8 Å². The van der Waals surface area contributed by atoms with Crippen LogP contribution in [0.25, 0.3) is 5.69 Å². The highest BCUT2D eigenvalue weighted by Gasteiger charge is 2.15. The van der Waals surface area contributed by atoms with Gasteiger partial charge in [0.05, 0.1) is 12.1 Å². The predicted octanol–water partition coefficient (Wildman–Crippen LogP) is 1.24. The van der Waals surface area contributed by atoms with Crippen molar-refractivity contribution in [3.63, 3.8) is 0 Å². The molecule has 0 spiro atoms. The van der Waals surface area contributed by atoms with Crippen LogP contribution < -0.4 is 5.32 Å². The molecular formula is C16H20N4O. The first kappa shape index (κ1) is 13.8. The SMILES string of the molecule is O=C(Cc1ccc(-n2cccn2)cc1)N1CCCNCC1. The predicted molar refractivity (Wildman–Crippen MR) is 81.3 cm³/mol. The molecule has 2 aromatic rings. The zero-order valence-corrected chi connectivity index (χ0v) is 12.0. The molecule has 3 rings (SSSR count). The molecule has 0 unspecified atom stereocenters. The van der Waals surface area contributed by atoms with Gasteiger partial charge in [0.1, 0.15) is 0 Å². The average Bonchev–Trinajstić information content (AvgIpc) is 2.90. The van der Waals surface area contributed by atoms with Gasteiger partial charge in [0.2, 0.25) is 5.91 Å². The van der Waals surface area contributed by atoms with Gasteiger partial charge in [-0.3, -0.25) is 4.79 Å². The van der Waals surface area contributed by atoms with Gasteiger partial charge >= 0.3 is 0 Å². The third-order valence-corrected chi connectivity index (χ3v) is 3.75. The van der Waals surface area contributed by atoms with E-state index in [2.05, 4.69) is 10.4 Å². The fraction of sp³-hybridized carbons (Fsp3) is 0.375. The minimum absolute atomic E-state index is 0.213. The molecule has 0 atom stereocenters. The molecule has 1 aliphatic heterocycles. The lowest BCUT2D eigenvalue weighted by Gasteiger charge is -2.20. The first-order valence-corrected chi connectivity index (χ1v) is 7.40. The molecule has 1 aromatic heterocycles. The van der Waals surface area contributed by atoms with Gasteiger partial charge in [-0.05, 0) is 36.7 Å². The molecule has 110 valence electrons. The molecule has 2 heterocycles. The van der Waals surface area contributed by atoms with E-state index in [0.29, 0.717) is 6.42 Å². The van der Waals surface area contributed by atoms with Crippen LogP contribution in [-0.2, 0) is 11.2 Å². The molecular weight excluding hydrogens is 264 g/mol. The highest BCUT2D eigenvalue weighted by Crippen LogP contribution is 2.10. The van der Waals surface area contributed by atoms with Crippen LogP contribution in [0, 0.1) is 0 Å². The second-order valence-electron chi connectivity index (χ2n) is 5.28. The van der Waals surface area contributed by atoms with Crippen LogP contribution in [0.2, 0.25) is 0 Å². The third-order valence-electron chi connectivity index (χ3n) is 3.75. The number of carbonyl (C=O) groups is 1. The number of nitrogens with zero attached hydrogens (tertiary/aromatic N) is 3. The lowest BCUT2D eigenvalue weighted by molar-refractivity contribution is -0.130. The number of hydrogen-bond acceptors (Lipinski definition) is 3. The summed E-state index contributed by atoms with van der Waals surface area (Å²) in [7, 11) is 0. The number of aromatic nitrogens is 2. The minimum atomic E-state index is 0.213. The van der Waals surface area contributed by atoms with Crippen molar-refractivity contribution in [1.82, 2.24) is 20.0 Å². The van der Waals surface area contributed by atoms with Crippen LogP contribution in [0.15, 0.2) is 42.7 Å². The Morgan fingerprint density at radius 3 is 2.81 bits per heavy atom. The lowest BCUT2D eigenvalue weighted by atomic mass is 10.1. The van der Waals surface area contributed by atoms with Crippen LogP contribution in [0.4, 0.5) is 0 Å². The number of amides is 1. The molecule has 1 aliphatic rings. The van der Waals surface area contributed by atoms with E-state index in [9.17, 15) is 4.79 Å². The zero-order chi connectivity index (χ0) is 14.5. The third kappa shape index (κ3) is 3.49. The van der Waals surface area contributed by atoms with Crippen molar-refractivity contribution < 1.29 is 4.79 Å². The summed E-state index contributed by atoms with van der Waals surface area (Å²) in [4.78, 5) is 14.3. The Hall–Kier alpha value is -2.14. The Kier molecular flexibility index (Phi) is 4.31. The zero-order valence-electron chi connectivity index (χ0n) is 12.0. The van der Waals surface area contributed by atoms with E-state index in [-0.39, 0.29) is 5.91 Å². The highest BCUT2D eigenvalue weighted by atomic mass is 16.2. The second-order valence-corrected chi connectivity index (χ2v) is 5.28. The van der Waals surface area contributed by atoms with E-state index in [1.54, 1.807) is 6.20 Å². The number of nitrogens with one attached hydrogen (secondary N) is 1. The summed E-state index contributed by atoms with van der Waals surface area (Å²) in [5, 5.41) is 7.51. The first-order valence-electron chi connectivity index (χ1n) is 7.40. The van der Waals surface area contributed by atoms with E-state index >= 15 is 0 Å². The van der Waals surface area contributed by atoms with E-state index in [1.165, 1.54) is 0 Å². The van der Waals surface area contributed by atoms with Crippen LogP contribution in [0.1, 0.15) is 12.0 Å². The van der Waals surface area contributed by atoms with Crippen molar-refractivity contribution >= 4 is 5.91 Å². The van der Waals surface area contributed by atoms with Gasteiger partial charge in [0, 0.05) is 32.0 Å². The lowest BCUT2D eigenvalue weighted by Crippen LogP contribution is -2.35. The van der Waals surface area contributed by atoms with Gasteiger partial charge < -0.3 is 10.2 Å². The normalized spacial score (nSPS) is 15.7. The molecule has 1 N–H and O–H groups in total. The molecule has 1 aromatic carbocycles. The minimum Gasteiger partial charge on any atom is -0.341 e. The largest absolute Gasteiger partial charge is 0.341 e. The number of rotatable bonds is 3. The van der Waals surface area contributed by atoms with Crippen LogP contribution in [-0.4, -0.2) is 46.8 Å². The summed E-state index contributed by atoms with van der Waals surface area (Å²) in [6.07, 6.45) is 5.17. The van der Waals surface area contributed by atoms with E-state index in [4.69, 9.17) is 0 Å². The Morgan fingerprint density at radius 2 is 2.05 bits per heavy atom. The van der Waals surface area contributed by atoms with E-state index in [0.717, 1.165) is 43.9 Å². The van der Waals surface area contributed by atoms with Crippen molar-refractivity contribution in [3.8, 4) is 5.69 Å². The monoisotopic (exact) mass is 284 g/mol. The molecule has 1 saturated heterocycles. The maximum absolute atomic E-state index is 12.3. The van der Waals surface area contributed by atoms with Crippen LogP contribution >= 0.6 is 0 Å². The maximum atomic E-state index is 12.3. The van der Waals surface area contributed by atoms with Crippen molar-refractivity contribution in [3.05, 3.63) is 48.3 Å². The standard InChI is InChI=1S/C16H20N4O/c21-16(19-10-1-7-17-9-12-19)13-14-3-5-15(6-4-14)20-11-2-8-18-20/h2-6,8,11,17H,1,7,9-10,12-13H2. The highest BCUT2D eigenvalue weighted by molar-refractivity contribution is 5.78. The van der Waals surface area contributed by atoms with Gasteiger partial charge in [-0.1, -0.05) is 12.1 Å². The van der Waals surface area contributed by atoms with Crippen LogP contribution in [0.5, 0.6) is 0 Å². The fourth-order valence-corrected chi connectivity index (χ4v) is 2.57. The summed E-state index contributed by atoms with van der Waals surface area (Å²) in [5.41, 5.74) is 2.06. The maximum Gasteiger partial charge on any atom is 0.227 e. The van der Waals surface area contributed by atoms with E-state index in [1.807, 2.05) is 46.1 Å². The summed E-state index contributed by atoms with van der Waals surface area (Å²) in [5.74, 6) is 0.213. The number of benzene rings is 1. The Morgan fingerprint density at radius 1 is 1.19 bits per heavy atom. The Balaban J connectivity index is 1.63. The van der Waals surface area contributed by atoms with Gasteiger partial charge in [0.25, 0.3) is 0 Å². The molecule has 0 saturated carbocycles. The molecule has 0 radical (unpaired) electrons. The average molecular weight is 284 g/mol. The van der Waals surface area contributed by atoms with E-state index < -0.39 is 0 Å². The van der Waals surface area contributed by atoms with Gasteiger partial charge in [-0.2, -0.15) is 5.10 Å². The molecule has 0 bridgehead atoms. The van der Waals surface area contributed by atoms with Crippen LogP contribution in [0.3, 0.4) is 0 Å².